The Morgan fingerprint density at radius 1 is 0.931 bits per heavy atom. The van der Waals surface area contributed by atoms with E-state index in [1.807, 2.05) is 48.5 Å². The molecule has 8 nitrogen and oxygen atoms in total. The molecule has 0 atom stereocenters. The van der Waals surface area contributed by atoms with Gasteiger partial charge in [0, 0.05) is 24.3 Å². The van der Waals surface area contributed by atoms with E-state index in [1.165, 1.54) is 0 Å². The molecule has 0 aliphatic carbocycles. The first-order valence-electron chi connectivity index (χ1n) is 9.56. The van der Waals surface area contributed by atoms with Gasteiger partial charge < -0.3 is 19.4 Å². The lowest BCUT2D eigenvalue weighted by molar-refractivity contribution is 0.379. The predicted octanol–water partition coefficient (Wildman–Crippen LogP) is 4.03. The van der Waals surface area contributed by atoms with Crippen molar-refractivity contribution in [2.75, 3.05) is 30.4 Å². The second-order valence-corrected chi connectivity index (χ2v) is 6.83. The van der Waals surface area contributed by atoms with Crippen LogP contribution < -0.4 is 15.0 Å². The first-order valence-corrected chi connectivity index (χ1v) is 9.56. The SMILES string of the molecule is COc1nc(Nc2ccc(-c3nc4ccccc4o3)cc2)nc(N2CCCC2)n1. The lowest BCUT2D eigenvalue weighted by Gasteiger charge is -2.16. The third kappa shape index (κ3) is 3.56. The number of aromatic nitrogens is 4. The molecule has 146 valence electrons. The predicted molar refractivity (Wildman–Crippen MR) is 111 cm³/mol. The molecular formula is C21H20N6O2. The summed E-state index contributed by atoms with van der Waals surface area (Å²) < 4.78 is 11.1. The molecule has 1 N–H and O–H groups in total. The van der Waals surface area contributed by atoms with E-state index in [0.29, 0.717) is 23.8 Å². The Kier molecular flexibility index (Phi) is 4.44. The average Bonchev–Trinajstić information content (AvgIpc) is 3.44. The highest BCUT2D eigenvalue weighted by Crippen LogP contribution is 2.26. The molecule has 8 heteroatoms. The second-order valence-electron chi connectivity index (χ2n) is 6.83. The first-order chi connectivity index (χ1) is 14.3. The molecule has 0 saturated carbocycles. The van der Waals surface area contributed by atoms with Gasteiger partial charge in [0.15, 0.2) is 5.58 Å². The fourth-order valence-electron chi connectivity index (χ4n) is 3.37. The van der Waals surface area contributed by atoms with Crippen LogP contribution in [0.15, 0.2) is 52.9 Å². The van der Waals surface area contributed by atoms with E-state index in [9.17, 15) is 0 Å². The molecule has 4 aromatic rings. The molecule has 1 fully saturated rings. The van der Waals surface area contributed by atoms with E-state index in [2.05, 4.69) is 30.2 Å². The lowest BCUT2D eigenvalue weighted by Crippen LogP contribution is -2.21. The van der Waals surface area contributed by atoms with Gasteiger partial charge in [-0.2, -0.15) is 15.0 Å². The van der Waals surface area contributed by atoms with E-state index >= 15 is 0 Å². The fraction of sp³-hybridized carbons (Fsp3) is 0.238. The van der Waals surface area contributed by atoms with Crippen molar-refractivity contribution in [3.63, 3.8) is 0 Å². The number of oxazole rings is 1. The Bertz CT molecular complexity index is 1100. The van der Waals surface area contributed by atoms with Crippen LogP contribution in [0, 0.1) is 0 Å². The third-order valence-electron chi connectivity index (χ3n) is 4.86. The van der Waals surface area contributed by atoms with Crippen molar-refractivity contribution in [3.05, 3.63) is 48.5 Å². The fourth-order valence-corrected chi connectivity index (χ4v) is 3.37. The quantitative estimate of drug-likeness (QED) is 0.548. The van der Waals surface area contributed by atoms with Crippen molar-refractivity contribution in [1.82, 2.24) is 19.9 Å². The summed E-state index contributed by atoms with van der Waals surface area (Å²) in [6, 6.07) is 15.8. The van der Waals surface area contributed by atoms with Gasteiger partial charge in [-0.25, -0.2) is 4.98 Å². The number of nitrogens with zero attached hydrogens (tertiary/aromatic N) is 5. The molecule has 0 bridgehead atoms. The zero-order valence-electron chi connectivity index (χ0n) is 16.0. The number of hydrogen-bond acceptors (Lipinski definition) is 8. The third-order valence-corrected chi connectivity index (χ3v) is 4.86. The maximum Gasteiger partial charge on any atom is 0.322 e. The zero-order valence-corrected chi connectivity index (χ0v) is 16.0. The topological polar surface area (TPSA) is 89.2 Å². The molecule has 29 heavy (non-hydrogen) atoms. The number of nitrogens with one attached hydrogen (secondary N) is 1. The Morgan fingerprint density at radius 2 is 1.72 bits per heavy atom. The number of rotatable bonds is 5. The molecule has 1 aliphatic heterocycles. The minimum atomic E-state index is 0.299. The van der Waals surface area contributed by atoms with Gasteiger partial charge in [-0.3, -0.25) is 0 Å². The van der Waals surface area contributed by atoms with E-state index in [4.69, 9.17) is 9.15 Å². The molecule has 2 aromatic carbocycles. The highest BCUT2D eigenvalue weighted by Gasteiger charge is 2.18. The van der Waals surface area contributed by atoms with Crippen LogP contribution >= 0.6 is 0 Å². The van der Waals surface area contributed by atoms with Crippen molar-refractivity contribution in [2.45, 2.75) is 12.8 Å². The summed E-state index contributed by atoms with van der Waals surface area (Å²) in [5, 5.41) is 3.23. The van der Waals surface area contributed by atoms with Crippen LogP contribution in [0.5, 0.6) is 6.01 Å². The van der Waals surface area contributed by atoms with Gasteiger partial charge in [0.1, 0.15) is 5.52 Å². The van der Waals surface area contributed by atoms with Crippen LogP contribution in [0.2, 0.25) is 0 Å². The van der Waals surface area contributed by atoms with Crippen molar-refractivity contribution in [3.8, 4) is 17.5 Å². The summed E-state index contributed by atoms with van der Waals surface area (Å²) in [6.07, 6.45) is 2.29. The number of methoxy groups -OCH3 is 1. The number of benzene rings is 2. The molecule has 0 spiro atoms. The summed E-state index contributed by atoms with van der Waals surface area (Å²) in [5.41, 5.74) is 3.37. The van der Waals surface area contributed by atoms with E-state index in [0.717, 1.165) is 48.3 Å². The number of anilines is 3. The highest BCUT2D eigenvalue weighted by molar-refractivity contribution is 5.76. The van der Waals surface area contributed by atoms with Gasteiger partial charge in [-0.1, -0.05) is 12.1 Å². The summed E-state index contributed by atoms with van der Waals surface area (Å²) in [6.45, 7) is 1.90. The van der Waals surface area contributed by atoms with Crippen LogP contribution in [0.1, 0.15) is 12.8 Å². The lowest BCUT2D eigenvalue weighted by atomic mass is 10.2. The summed E-state index contributed by atoms with van der Waals surface area (Å²) >= 11 is 0. The van der Waals surface area contributed by atoms with E-state index in [-0.39, 0.29) is 0 Å². The largest absolute Gasteiger partial charge is 0.467 e. The van der Waals surface area contributed by atoms with Gasteiger partial charge in [0.2, 0.25) is 17.8 Å². The molecule has 0 amide bonds. The Balaban J connectivity index is 1.38. The monoisotopic (exact) mass is 388 g/mol. The van der Waals surface area contributed by atoms with Crippen molar-refractivity contribution >= 4 is 28.7 Å². The molecule has 0 radical (unpaired) electrons. The highest BCUT2D eigenvalue weighted by atomic mass is 16.5. The van der Waals surface area contributed by atoms with Crippen LogP contribution in [-0.2, 0) is 0 Å². The number of ether oxygens (including phenoxy) is 1. The van der Waals surface area contributed by atoms with E-state index < -0.39 is 0 Å². The molecule has 1 saturated heterocycles. The smallest absolute Gasteiger partial charge is 0.322 e. The van der Waals surface area contributed by atoms with Crippen molar-refractivity contribution in [2.24, 2.45) is 0 Å². The van der Waals surface area contributed by atoms with Gasteiger partial charge in [-0.15, -0.1) is 0 Å². The van der Waals surface area contributed by atoms with Gasteiger partial charge in [0.05, 0.1) is 7.11 Å². The summed E-state index contributed by atoms with van der Waals surface area (Å²) in [7, 11) is 1.56. The molecular weight excluding hydrogens is 368 g/mol. The van der Waals surface area contributed by atoms with Crippen LogP contribution in [0.4, 0.5) is 17.6 Å². The van der Waals surface area contributed by atoms with Gasteiger partial charge in [-0.05, 0) is 49.2 Å². The van der Waals surface area contributed by atoms with E-state index in [1.54, 1.807) is 7.11 Å². The minimum Gasteiger partial charge on any atom is -0.467 e. The van der Waals surface area contributed by atoms with Gasteiger partial charge in [0.25, 0.3) is 0 Å². The molecule has 2 aromatic heterocycles. The molecule has 1 aliphatic rings. The molecule has 3 heterocycles. The van der Waals surface area contributed by atoms with Crippen LogP contribution in [-0.4, -0.2) is 40.1 Å². The molecule has 0 unspecified atom stereocenters. The average molecular weight is 388 g/mol. The van der Waals surface area contributed by atoms with Crippen LogP contribution in [0.3, 0.4) is 0 Å². The van der Waals surface area contributed by atoms with Crippen LogP contribution in [0.25, 0.3) is 22.6 Å². The van der Waals surface area contributed by atoms with Gasteiger partial charge >= 0.3 is 6.01 Å². The summed E-state index contributed by atoms with van der Waals surface area (Å²) in [4.78, 5) is 19.9. The first kappa shape index (κ1) is 17.4. The minimum absolute atomic E-state index is 0.299. The Labute approximate surface area is 167 Å². The van der Waals surface area contributed by atoms with Crippen molar-refractivity contribution in [1.29, 1.82) is 0 Å². The summed E-state index contributed by atoms with van der Waals surface area (Å²) in [5.74, 6) is 1.68. The maximum absolute atomic E-state index is 5.83. The number of para-hydroxylation sites is 2. The van der Waals surface area contributed by atoms with Crippen molar-refractivity contribution < 1.29 is 9.15 Å². The second kappa shape index (κ2) is 7.38. The Morgan fingerprint density at radius 3 is 2.48 bits per heavy atom. The standard InChI is InChI=1S/C21H20N6O2/c1-28-21-25-19(24-20(26-21)27-12-4-5-13-27)22-15-10-8-14(9-11-15)18-23-16-6-2-3-7-17(16)29-18/h2-3,6-11H,4-5,12-13H2,1H3,(H,22,24,25,26). The Hall–Kier alpha value is -3.68. The number of fused-ring (bicyclic) bond motifs is 1. The maximum atomic E-state index is 5.83. The zero-order chi connectivity index (χ0) is 19.6. The number of hydrogen-bond donors (Lipinski definition) is 1. The normalized spacial score (nSPS) is 13.8. The molecule has 5 rings (SSSR count).